The second-order valence-electron chi connectivity index (χ2n) is 4.20. The van der Waals surface area contributed by atoms with E-state index in [0.29, 0.717) is 37.6 Å². The molecule has 1 saturated heterocycles. The van der Waals surface area contributed by atoms with Crippen LogP contribution in [0, 0.1) is 0 Å². The summed E-state index contributed by atoms with van der Waals surface area (Å²) in [7, 11) is 0. The molecule has 1 atom stereocenters. The summed E-state index contributed by atoms with van der Waals surface area (Å²) in [4.78, 5) is 12.0. The van der Waals surface area contributed by atoms with Gasteiger partial charge < -0.3 is 20.3 Å². The van der Waals surface area contributed by atoms with Crippen molar-refractivity contribution < 1.29 is 19.7 Å². The highest BCUT2D eigenvalue weighted by Crippen LogP contribution is 2.19. The van der Waals surface area contributed by atoms with Crippen molar-refractivity contribution in [1.29, 1.82) is 0 Å². The molecule has 17 heavy (non-hydrogen) atoms. The van der Waals surface area contributed by atoms with Gasteiger partial charge in [-0.05, 0) is 12.1 Å². The molecule has 3 N–H and O–H groups in total. The maximum atomic E-state index is 10.7. The van der Waals surface area contributed by atoms with Crippen LogP contribution in [0.15, 0.2) is 12.1 Å². The molecule has 0 saturated carbocycles. The Balaban J connectivity index is 1.79. The third-order valence-electron chi connectivity index (χ3n) is 2.71. The maximum absolute atomic E-state index is 10.7. The summed E-state index contributed by atoms with van der Waals surface area (Å²) in [6.45, 7) is 2.00. The van der Waals surface area contributed by atoms with Gasteiger partial charge in [0.05, 0.1) is 6.61 Å². The summed E-state index contributed by atoms with van der Waals surface area (Å²) in [5, 5.41) is 21.9. The second kappa shape index (κ2) is 5.14. The van der Waals surface area contributed by atoms with Gasteiger partial charge in [0.25, 0.3) is 0 Å². The molecule has 0 aliphatic carbocycles. The zero-order chi connectivity index (χ0) is 12.3. The van der Waals surface area contributed by atoms with E-state index >= 15 is 0 Å². The Labute approximate surface area is 103 Å². The molecule has 0 spiro atoms. The molecule has 6 heteroatoms. The summed E-state index contributed by atoms with van der Waals surface area (Å²) in [6.07, 6.45) is 0.644. The quantitative estimate of drug-likeness (QED) is 0.723. The fourth-order valence-corrected chi connectivity index (χ4v) is 2.56. The molecular formula is C11H15NO4S. The number of carboxylic acid groups (broad SMARTS) is 1. The normalized spacial score (nSPS) is 24.1. The van der Waals surface area contributed by atoms with Gasteiger partial charge in [0, 0.05) is 31.0 Å². The topological polar surface area (TPSA) is 78.8 Å². The number of carboxylic acids is 1. The largest absolute Gasteiger partial charge is 0.477 e. The van der Waals surface area contributed by atoms with E-state index in [1.807, 2.05) is 0 Å². The van der Waals surface area contributed by atoms with E-state index in [-0.39, 0.29) is 0 Å². The molecule has 0 bridgehead atoms. The smallest absolute Gasteiger partial charge is 0.345 e. The SMILES string of the molecule is O=C(O)c1ccc(CNCC2(O)CCOC2)s1. The van der Waals surface area contributed by atoms with Crippen molar-refractivity contribution in [1.82, 2.24) is 5.32 Å². The van der Waals surface area contributed by atoms with E-state index in [1.165, 1.54) is 11.3 Å². The van der Waals surface area contributed by atoms with Gasteiger partial charge in [0.15, 0.2) is 0 Å². The number of rotatable bonds is 5. The lowest BCUT2D eigenvalue weighted by atomic mass is 10.0. The number of aliphatic hydroxyl groups is 1. The van der Waals surface area contributed by atoms with Crippen molar-refractivity contribution in [3.05, 3.63) is 21.9 Å². The van der Waals surface area contributed by atoms with Gasteiger partial charge in [-0.25, -0.2) is 4.79 Å². The number of ether oxygens (including phenoxy) is 1. The molecule has 0 amide bonds. The van der Waals surface area contributed by atoms with Crippen molar-refractivity contribution in [3.8, 4) is 0 Å². The zero-order valence-corrected chi connectivity index (χ0v) is 10.1. The molecule has 1 aliphatic rings. The first-order chi connectivity index (χ1) is 8.09. The van der Waals surface area contributed by atoms with Crippen LogP contribution in [0.1, 0.15) is 21.0 Å². The number of carbonyl (C=O) groups is 1. The molecule has 1 aliphatic heterocycles. The monoisotopic (exact) mass is 257 g/mol. The van der Waals surface area contributed by atoms with E-state index in [9.17, 15) is 9.90 Å². The van der Waals surface area contributed by atoms with E-state index in [2.05, 4.69) is 5.32 Å². The molecule has 1 fully saturated rings. The average molecular weight is 257 g/mol. The maximum Gasteiger partial charge on any atom is 0.345 e. The van der Waals surface area contributed by atoms with Crippen LogP contribution in [0.25, 0.3) is 0 Å². The molecule has 2 heterocycles. The van der Waals surface area contributed by atoms with Crippen molar-refractivity contribution in [2.45, 2.75) is 18.6 Å². The van der Waals surface area contributed by atoms with Crippen LogP contribution < -0.4 is 5.32 Å². The lowest BCUT2D eigenvalue weighted by Crippen LogP contribution is -2.40. The zero-order valence-electron chi connectivity index (χ0n) is 9.31. The van der Waals surface area contributed by atoms with Crippen LogP contribution in [-0.4, -0.2) is 41.5 Å². The lowest BCUT2D eigenvalue weighted by Gasteiger charge is -2.20. The Morgan fingerprint density at radius 2 is 2.41 bits per heavy atom. The first-order valence-electron chi connectivity index (χ1n) is 5.42. The average Bonchev–Trinajstić information content (AvgIpc) is 2.88. The van der Waals surface area contributed by atoms with Crippen LogP contribution in [0.2, 0.25) is 0 Å². The third kappa shape index (κ3) is 3.26. The Kier molecular flexibility index (Phi) is 3.78. The fourth-order valence-electron chi connectivity index (χ4n) is 1.74. The highest BCUT2D eigenvalue weighted by molar-refractivity contribution is 7.13. The second-order valence-corrected chi connectivity index (χ2v) is 5.37. The summed E-state index contributed by atoms with van der Waals surface area (Å²) in [5.41, 5.74) is -0.771. The van der Waals surface area contributed by atoms with Gasteiger partial charge in [-0.15, -0.1) is 11.3 Å². The van der Waals surface area contributed by atoms with E-state index < -0.39 is 11.6 Å². The minimum Gasteiger partial charge on any atom is -0.477 e. The molecule has 94 valence electrons. The lowest BCUT2D eigenvalue weighted by molar-refractivity contribution is 0.0269. The minimum atomic E-state index is -0.899. The van der Waals surface area contributed by atoms with Gasteiger partial charge in [-0.2, -0.15) is 0 Å². The molecular weight excluding hydrogens is 242 g/mol. The van der Waals surface area contributed by atoms with E-state index in [1.54, 1.807) is 12.1 Å². The molecule has 2 rings (SSSR count). The van der Waals surface area contributed by atoms with Gasteiger partial charge in [0.2, 0.25) is 0 Å². The molecule has 5 nitrogen and oxygen atoms in total. The van der Waals surface area contributed by atoms with Crippen LogP contribution in [-0.2, 0) is 11.3 Å². The highest BCUT2D eigenvalue weighted by atomic mass is 32.1. The number of aromatic carboxylic acids is 1. The standard InChI is InChI=1S/C11H15NO4S/c13-10(14)9-2-1-8(17-9)5-12-6-11(15)3-4-16-7-11/h1-2,12,15H,3-7H2,(H,13,14). The summed E-state index contributed by atoms with van der Waals surface area (Å²) in [6, 6.07) is 3.38. The first kappa shape index (κ1) is 12.5. The van der Waals surface area contributed by atoms with Crippen LogP contribution >= 0.6 is 11.3 Å². The summed E-state index contributed by atoms with van der Waals surface area (Å²) < 4.78 is 5.13. The van der Waals surface area contributed by atoms with Crippen LogP contribution in [0.4, 0.5) is 0 Å². The predicted molar refractivity (Wildman–Crippen MR) is 63.4 cm³/mol. The number of hydrogen-bond donors (Lipinski definition) is 3. The van der Waals surface area contributed by atoms with Crippen molar-refractivity contribution in [3.63, 3.8) is 0 Å². The Hall–Kier alpha value is -0.950. The third-order valence-corrected chi connectivity index (χ3v) is 3.78. The van der Waals surface area contributed by atoms with Gasteiger partial charge in [0.1, 0.15) is 10.5 Å². The highest BCUT2D eigenvalue weighted by Gasteiger charge is 2.31. The van der Waals surface area contributed by atoms with Crippen molar-refractivity contribution in [2.75, 3.05) is 19.8 Å². The molecule has 1 aromatic rings. The fraction of sp³-hybridized carbons (Fsp3) is 0.545. The first-order valence-corrected chi connectivity index (χ1v) is 6.24. The molecule has 0 aromatic carbocycles. The van der Waals surface area contributed by atoms with Crippen LogP contribution in [0.5, 0.6) is 0 Å². The number of thiophene rings is 1. The Bertz CT molecular complexity index is 398. The molecule has 0 radical (unpaired) electrons. The van der Waals surface area contributed by atoms with Gasteiger partial charge in [-0.3, -0.25) is 0 Å². The summed E-state index contributed by atoms with van der Waals surface area (Å²) >= 11 is 1.25. The Morgan fingerprint density at radius 3 is 3.00 bits per heavy atom. The molecule has 1 unspecified atom stereocenters. The van der Waals surface area contributed by atoms with Gasteiger partial charge >= 0.3 is 5.97 Å². The summed E-state index contributed by atoms with van der Waals surface area (Å²) in [5.74, 6) is -0.899. The van der Waals surface area contributed by atoms with Crippen molar-refractivity contribution >= 4 is 17.3 Å². The van der Waals surface area contributed by atoms with Crippen LogP contribution in [0.3, 0.4) is 0 Å². The minimum absolute atomic E-state index is 0.338. The number of hydrogen-bond acceptors (Lipinski definition) is 5. The Morgan fingerprint density at radius 1 is 1.59 bits per heavy atom. The molecule has 1 aromatic heterocycles. The number of nitrogens with one attached hydrogen (secondary N) is 1. The van der Waals surface area contributed by atoms with Crippen molar-refractivity contribution in [2.24, 2.45) is 0 Å². The predicted octanol–water partition coefficient (Wildman–Crippen LogP) is 0.687. The van der Waals surface area contributed by atoms with Gasteiger partial charge in [-0.1, -0.05) is 0 Å². The van der Waals surface area contributed by atoms with E-state index in [4.69, 9.17) is 9.84 Å². The van der Waals surface area contributed by atoms with E-state index in [0.717, 1.165) is 4.88 Å².